The van der Waals surface area contributed by atoms with Crippen LogP contribution in [0.5, 0.6) is 5.75 Å². The molecule has 2 amide bonds. The SMILES string of the molecule is COc1ccc(C2CCC(CN(C(=O)C3CCC(CNC(=O)C4CCC4)CC3)c3cc(-c4coc(C5CC5)n4)ccn3)CC2)nc1C. The lowest BCUT2D eigenvalue weighted by molar-refractivity contribution is -0.128. The summed E-state index contributed by atoms with van der Waals surface area (Å²) >= 11 is 0. The van der Waals surface area contributed by atoms with Crippen molar-refractivity contribution in [2.75, 3.05) is 25.1 Å². The van der Waals surface area contributed by atoms with Crippen molar-refractivity contribution in [3.05, 3.63) is 54.0 Å². The van der Waals surface area contributed by atoms with Crippen LogP contribution in [-0.4, -0.2) is 47.0 Å². The van der Waals surface area contributed by atoms with Gasteiger partial charge in [0, 0.05) is 54.2 Å². The standard InChI is InChI=1S/C38H49N5O4/c1-24-34(46-2)17-16-32(41-24)27-10-8-26(9-11-27)22-43(35-20-31(18-19-39-35)33-23-47-37(42-33)29-14-15-29)38(45)30-12-6-25(7-13-30)21-40-36(44)28-4-3-5-28/h16-20,23,25-30H,3-15,21-22H2,1-2H3,(H,40,44). The third-order valence-corrected chi connectivity index (χ3v) is 11.3. The highest BCUT2D eigenvalue weighted by Gasteiger charge is 2.34. The molecule has 7 rings (SSSR count). The highest BCUT2D eigenvalue weighted by Crippen LogP contribution is 2.41. The second-order valence-corrected chi connectivity index (χ2v) is 14.5. The molecule has 9 nitrogen and oxygen atoms in total. The normalized spacial score (nSPS) is 24.7. The van der Waals surface area contributed by atoms with Crippen molar-refractivity contribution in [3.8, 4) is 17.0 Å². The number of pyridine rings is 2. The van der Waals surface area contributed by atoms with Crippen LogP contribution in [0.25, 0.3) is 11.3 Å². The highest BCUT2D eigenvalue weighted by atomic mass is 16.5. The molecule has 3 heterocycles. The number of hydrogen-bond acceptors (Lipinski definition) is 7. The summed E-state index contributed by atoms with van der Waals surface area (Å²) in [5.74, 6) is 4.63. The fourth-order valence-corrected chi connectivity index (χ4v) is 7.76. The molecule has 0 unspecified atom stereocenters. The summed E-state index contributed by atoms with van der Waals surface area (Å²) in [6.07, 6.45) is 16.8. The van der Waals surface area contributed by atoms with Gasteiger partial charge in [0.05, 0.1) is 12.8 Å². The van der Waals surface area contributed by atoms with E-state index >= 15 is 0 Å². The van der Waals surface area contributed by atoms with Crippen molar-refractivity contribution in [1.82, 2.24) is 20.3 Å². The van der Waals surface area contributed by atoms with E-state index < -0.39 is 0 Å². The molecule has 0 saturated heterocycles. The lowest BCUT2D eigenvalue weighted by atomic mass is 9.79. The maximum atomic E-state index is 14.4. The van der Waals surface area contributed by atoms with Gasteiger partial charge in [-0.25, -0.2) is 9.97 Å². The van der Waals surface area contributed by atoms with Gasteiger partial charge in [-0.1, -0.05) is 6.42 Å². The summed E-state index contributed by atoms with van der Waals surface area (Å²) in [6.45, 7) is 3.40. The van der Waals surface area contributed by atoms with E-state index in [2.05, 4.69) is 11.4 Å². The highest BCUT2D eigenvalue weighted by molar-refractivity contribution is 5.94. The third-order valence-electron chi connectivity index (χ3n) is 11.3. The Morgan fingerprint density at radius 1 is 0.894 bits per heavy atom. The number of hydrogen-bond donors (Lipinski definition) is 1. The first-order valence-electron chi connectivity index (χ1n) is 18.0. The maximum Gasteiger partial charge on any atom is 0.231 e. The quantitative estimate of drug-likeness (QED) is 0.233. The van der Waals surface area contributed by atoms with Gasteiger partial charge in [-0.2, -0.15) is 0 Å². The Hall–Kier alpha value is -3.75. The molecule has 0 spiro atoms. The summed E-state index contributed by atoms with van der Waals surface area (Å²) in [5, 5.41) is 3.19. The molecule has 3 aromatic rings. The summed E-state index contributed by atoms with van der Waals surface area (Å²) in [5.41, 5.74) is 3.80. The van der Waals surface area contributed by atoms with Gasteiger partial charge in [0.1, 0.15) is 23.5 Å². The summed E-state index contributed by atoms with van der Waals surface area (Å²) < 4.78 is 11.2. The zero-order valence-electron chi connectivity index (χ0n) is 28.0. The minimum Gasteiger partial charge on any atom is -0.495 e. The van der Waals surface area contributed by atoms with Crippen molar-refractivity contribution in [1.29, 1.82) is 0 Å². The fraction of sp³-hybridized carbons (Fsp3) is 0.605. The van der Waals surface area contributed by atoms with E-state index in [0.29, 0.717) is 36.0 Å². The minimum atomic E-state index is -0.0321. The van der Waals surface area contributed by atoms with E-state index in [1.807, 2.05) is 30.0 Å². The molecule has 4 fully saturated rings. The van der Waals surface area contributed by atoms with E-state index in [9.17, 15) is 9.59 Å². The summed E-state index contributed by atoms with van der Waals surface area (Å²) in [6, 6.07) is 8.11. The predicted octanol–water partition coefficient (Wildman–Crippen LogP) is 7.36. The van der Waals surface area contributed by atoms with Crippen LogP contribution in [0.15, 0.2) is 41.1 Å². The molecule has 4 aliphatic rings. The summed E-state index contributed by atoms with van der Waals surface area (Å²) in [4.78, 5) is 43.1. The van der Waals surface area contributed by atoms with E-state index in [0.717, 1.165) is 118 Å². The monoisotopic (exact) mass is 639 g/mol. The molecule has 0 radical (unpaired) electrons. The minimum absolute atomic E-state index is 0.0321. The second-order valence-electron chi connectivity index (χ2n) is 14.5. The van der Waals surface area contributed by atoms with Crippen molar-refractivity contribution in [2.45, 2.75) is 102 Å². The topological polar surface area (TPSA) is 110 Å². The number of carbonyl (C=O) groups excluding carboxylic acids is 2. The molecule has 0 aliphatic heterocycles. The Morgan fingerprint density at radius 2 is 1.64 bits per heavy atom. The van der Waals surface area contributed by atoms with Crippen LogP contribution in [0.4, 0.5) is 5.82 Å². The zero-order chi connectivity index (χ0) is 32.3. The molecular weight excluding hydrogens is 590 g/mol. The van der Waals surface area contributed by atoms with Crippen molar-refractivity contribution >= 4 is 17.6 Å². The molecule has 250 valence electrons. The van der Waals surface area contributed by atoms with E-state index in [-0.39, 0.29) is 23.7 Å². The Bertz CT molecular complexity index is 1550. The molecule has 3 aromatic heterocycles. The van der Waals surface area contributed by atoms with Crippen LogP contribution < -0.4 is 15.0 Å². The van der Waals surface area contributed by atoms with Crippen LogP contribution in [-0.2, 0) is 9.59 Å². The largest absolute Gasteiger partial charge is 0.495 e. The van der Waals surface area contributed by atoms with Gasteiger partial charge >= 0.3 is 0 Å². The van der Waals surface area contributed by atoms with E-state index in [1.165, 1.54) is 6.42 Å². The van der Waals surface area contributed by atoms with Gasteiger partial charge in [-0.15, -0.1) is 0 Å². The number of nitrogens with one attached hydrogen (secondary N) is 1. The maximum absolute atomic E-state index is 14.4. The Balaban J connectivity index is 1.03. The molecule has 0 aromatic carbocycles. The molecule has 0 bridgehead atoms. The first-order chi connectivity index (χ1) is 22.9. The van der Waals surface area contributed by atoms with Gasteiger partial charge in [0.25, 0.3) is 0 Å². The van der Waals surface area contributed by atoms with Gasteiger partial charge in [0.2, 0.25) is 11.8 Å². The average molecular weight is 640 g/mol. The van der Waals surface area contributed by atoms with Crippen LogP contribution in [0.2, 0.25) is 0 Å². The zero-order valence-corrected chi connectivity index (χ0v) is 28.0. The number of aryl methyl sites for hydroxylation is 1. The number of oxazole rings is 1. The van der Waals surface area contributed by atoms with Gasteiger partial charge in [-0.3, -0.25) is 19.5 Å². The first kappa shape index (κ1) is 31.8. The van der Waals surface area contributed by atoms with Crippen molar-refractivity contribution in [2.24, 2.45) is 23.7 Å². The van der Waals surface area contributed by atoms with Crippen molar-refractivity contribution < 1.29 is 18.7 Å². The van der Waals surface area contributed by atoms with Gasteiger partial charge in [-0.05, 0) is 120 Å². The lowest BCUT2D eigenvalue weighted by Gasteiger charge is -2.36. The molecule has 4 aliphatic carbocycles. The Morgan fingerprint density at radius 3 is 2.32 bits per heavy atom. The number of carbonyl (C=O) groups is 2. The number of rotatable bonds is 11. The number of aromatic nitrogens is 3. The number of anilines is 1. The number of amides is 2. The van der Waals surface area contributed by atoms with Crippen LogP contribution in [0.1, 0.15) is 113 Å². The van der Waals surface area contributed by atoms with Gasteiger partial charge < -0.3 is 14.5 Å². The first-order valence-corrected chi connectivity index (χ1v) is 18.0. The third kappa shape index (κ3) is 7.39. The molecule has 4 saturated carbocycles. The second kappa shape index (κ2) is 14.2. The Labute approximate surface area is 278 Å². The van der Waals surface area contributed by atoms with Crippen LogP contribution in [0, 0.1) is 30.6 Å². The fourth-order valence-electron chi connectivity index (χ4n) is 7.76. The van der Waals surface area contributed by atoms with Crippen LogP contribution in [0.3, 0.4) is 0 Å². The van der Waals surface area contributed by atoms with Crippen molar-refractivity contribution in [3.63, 3.8) is 0 Å². The smallest absolute Gasteiger partial charge is 0.231 e. The molecule has 47 heavy (non-hydrogen) atoms. The number of ether oxygens (including phenoxy) is 1. The lowest BCUT2D eigenvalue weighted by Crippen LogP contribution is -2.43. The summed E-state index contributed by atoms with van der Waals surface area (Å²) in [7, 11) is 1.69. The van der Waals surface area contributed by atoms with E-state index in [1.54, 1.807) is 19.6 Å². The Kier molecular flexibility index (Phi) is 9.59. The van der Waals surface area contributed by atoms with Gasteiger partial charge in [0.15, 0.2) is 5.89 Å². The predicted molar refractivity (Wildman–Crippen MR) is 180 cm³/mol. The van der Waals surface area contributed by atoms with Crippen LogP contribution >= 0.6 is 0 Å². The molecule has 0 atom stereocenters. The number of methoxy groups -OCH3 is 1. The average Bonchev–Trinajstić information content (AvgIpc) is 3.81. The molecule has 9 heteroatoms. The number of nitrogens with zero attached hydrogens (tertiary/aromatic N) is 4. The molecule has 1 N–H and O–H groups in total. The van der Waals surface area contributed by atoms with E-state index in [4.69, 9.17) is 24.1 Å². The molecular formula is C38H49N5O4.